The number of rotatable bonds is 4. The Hall–Kier alpha value is -2.04. The summed E-state index contributed by atoms with van der Waals surface area (Å²) in [4.78, 5) is 22.1. The Kier molecular flexibility index (Phi) is 3.27. The van der Waals surface area contributed by atoms with E-state index < -0.39 is 0 Å². The molecule has 0 saturated heterocycles. The fourth-order valence-corrected chi connectivity index (χ4v) is 1.75. The third-order valence-electron chi connectivity index (χ3n) is 2.62. The Morgan fingerprint density at radius 2 is 2.35 bits per heavy atom. The van der Waals surface area contributed by atoms with Gasteiger partial charge in [0.15, 0.2) is 0 Å². The summed E-state index contributed by atoms with van der Waals surface area (Å²) in [7, 11) is 1.37. The van der Waals surface area contributed by atoms with Crippen LogP contribution < -0.4 is 10.6 Å². The van der Waals surface area contributed by atoms with Crippen molar-refractivity contribution < 1.29 is 14.3 Å². The first-order chi connectivity index (χ1) is 8.19. The number of fused-ring (bicyclic) bond motifs is 1. The van der Waals surface area contributed by atoms with Crippen molar-refractivity contribution >= 4 is 23.3 Å². The molecule has 90 valence electrons. The van der Waals surface area contributed by atoms with Gasteiger partial charge in [0.25, 0.3) is 0 Å². The summed E-state index contributed by atoms with van der Waals surface area (Å²) in [6.07, 6.45) is 0.743. The summed E-state index contributed by atoms with van der Waals surface area (Å²) in [5.74, 6) is -0.220. The smallest absolute Gasteiger partial charge is 0.307 e. The molecule has 1 aliphatic rings. The number of carbonyl (C=O) groups excluding carboxylic acids is 2. The van der Waals surface area contributed by atoms with E-state index in [-0.39, 0.29) is 11.9 Å². The van der Waals surface area contributed by atoms with E-state index in [2.05, 4.69) is 15.4 Å². The lowest BCUT2D eigenvalue weighted by molar-refractivity contribution is -0.140. The first-order valence-corrected chi connectivity index (χ1v) is 5.42. The van der Waals surface area contributed by atoms with Gasteiger partial charge >= 0.3 is 5.97 Å². The van der Waals surface area contributed by atoms with Crippen LogP contribution in [0.25, 0.3) is 0 Å². The Balaban J connectivity index is 1.93. The summed E-state index contributed by atoms with van der Waals surface area (Å²) in [6.45, 7) is 0.521. The lowest BCUT2D eigenvalue weighted by atomic mass is 10.1. The van der Waals surface area contributed by atoms with E-state index in [1.165, 1.54) is 7.11 Å². The van der Waals surface area contributed by atoms with Gasteiger partial charge in [-0.3, -0.25) is 9.59 Å². The SMILES string of the molecule is COC(=O)CCNc1ccc2c(c1)CC(=O)N2. The number of nitrogens with one attached hydrogen (secondary N) is 2. The molecule has 0 saturated carbocycles. The maximum Gasteiger partial charge on any atom is 0.307 e. The van der Waals surface area contributed by atoms with Crippen molar-refractivity contribution in [2.45, 2.75) is 12.8 Å². The second kappa shape index (κ2) is 4.86. The molecule has 0 aliphatic carbocycles. The molecule has 5 nitrogen and oxygen atoms in total. The molecule has 1 aliphatic heterocycles. The maximum atomic E-state index is 11.2. The van der Waals surface area contributed by atoms with Gasteiger partial charge in [-0.1, -0.05) is 0 Å². The van der Waals surface area contributed by atoms with Crippen LogP contribution >= 0.6 is 0 Å². The molecule has 5 heteroatoms. The molecule has 1 aromatic rings. The molecule has 1 heterocycles. The lowest BCUT2D eigenvalue weighted by Gasteiger charge is -2.07. The summed E-state index contributed by atoms with van der Waals surface area (Å²) < 4.78 is 4.54. The van der Waals surface area contributed by atoms with Crippen LogP contribution in [0.2, 0.25) is 0 Å². The minimum Gasteiger partial charge on any atom is -0.469 e. The van der Waals surface area contributed by atoms with Gasteiger partial charge < -0.3 is 15.4 Å². The second-order valence-corrected chi connectivity index (χ2v) is 3.85. The fraction of sp³-hybridized carbons (Fsp3) is 0.333. The molecule has 2 rings (SSSR count). The highest BCUT2D eigenvalue weighted by Gasteiger charge is 2.17. The van der Waals surface area contributed by atoms with Crippen LogP contribution in [0.1, 0.15) is 12.0 Å². The second-order valence-electron chi connectivity index (χ2n) is 3.85. The van der Waals surface area contributed by atoms with Crippen molar-refractivity contribution in [3.8, 4) is 0 Å². The minimum atomic E-state index is -0.240. The molecule has 0 bridgehead atoms. The highest BCUT2D eigenvalue weighted by Crippen LogP contribution is 2.25. The van der Waals surface area contributed by atoms with Crippen LogP contribution in [0.15, 0.2) is 18.2 Å². The Bertz CT molecular complexity index is 457. The van der Waals surface area contributed by atoms with Crippen LogP contribution in [0.4, 0.5) is 11.4 Å². The first-order valence-electron chi connectivity index (χ1n) is 5.42. The summed E-state index contributed by atoms with van der Waals surface area (Å²) in [5.41, 5.74) is 2.76. The molecule has 0 unspecified atom stereocenters. The molecule has 17 heavy (non-hydrogen) atoms. The number of ether oxygens (including phenoxy) is 1. The molecule has 2 N–H and O–H groups in total. The molecule has 0 aromatic heterocycles. The quantitative estimate of drug-likeness (QED) is 0.767. The van der Waals surface area contributed by atoms with Gasteiger partial charge in [0.05, 0.1) is 20.0 Å². The van der Waals surface area contributed by atoms with Crippen molar-refractivity contribution in [2.24, 2.45) is 0 Å². The zero-order chi connectivity index (χ0) is 12.3. The normalized spacial score (nSPS) is 12.9. The molecule has 0 spiro atoms. The van der Waals surface area contributed by atoms with Gasteiger partial charge in [-0.15, -0.1) is 0 Å². The van der Waals surface area contributed by atoms with Crippen LogP contribution in [0.5, 0.6) is 0 Å². The largest absolute Gasteiger partial charge is 0.469 e. The topological polar surface area (TPSA) is 67.4 Å². The lowest BCUT2D eigenvalue weighted by Crippen LogP contribution is -2.09. The fourth-order valence-electron chi connectivity index (χ4n) is 1.75. The van der Waals surface area contributed by atoms with E-state index >= 15 is 0 Å². The number of amides is 1. The van der Waals surface area contributed by atoms with Crippen LogP contribution in [-0.2, 0) is 20.7 Å². The average Bonchev–Trinajstić information content (AvgIpc) is 2.68. The van der Waals surface area contributed by atoms with Gasteiger partial charge in [-0.05, 0) is 23.8 Å². The third kappa shape index (κ3) is 2.75. The summed E-state index contributed by atoms with van der Waals surface area (Å²) >= 11 is 0. The highest BCUT2D eigenvalue weighted by atomic mass is 16.5. The van der Waals surface area contributed by atoms with E-state index in [4.69, 9.17) is 0 Å². The predicted molar refractivity (Wildman–Crippen MR) is 63.9 cm³/mol. The number of hydrogen-bond donors (Lipinski definition) is 2. The Morgan fingerprint density at radius 1 is 1.53 bits per heavy atom. The Morgan fingerprint density at radius 3 is 3.12 bits per heavy atom. The third-order valence-corrected chi connectivity index (χ3v) is 2.62. The van der Waals surface area contributed by atoms with Crippen molar-refractivity contribution in [1.82, 2.24) is 0 Å². The highest BCUT2D eigenvalue weighted by molar-refractivity contribution is 5.99. The molecule has 1 aromatic carbocycles. The van der Waals surface area contributed by atoms with Crippen molar-refractivity contribution in [3.05, 3.63) is 23.8 Å². The average molecular weight is 234 g/mol. The monoisotopic (exact) mass is 234 g/mol. The number of hydrogen-bond acceptors (Lipinski definition) is 4. The number of esters is 1. The zero-order valence-corrected chi connectivity index (χ0v) is 9.58. The number of anilines is 2. The van der Waals surface area contributed by atoms with Gasteiger partial charge in [0, 0.05) is 17.9 Å². The molecule has 0 fully saturated rings. The first kappa shape index (κ1) is 11.4. The molecule has 0 atom stereocenters. The van der Waals surface area contributed by atoms with Gasteiger partial charge in [0.1, 0.15) is 0 Å². The maximum absolute atomic E-state index is 11.2. The number of methoxy groups -OCH3 is 1. The van der Waals surface area contributed by atoms with Gasteiger partial charge in [-0.2, -0.15) is 0 Å². The molecule has 1 amide bonds. The van der Waals surface area contributed by atoms with Crippen molar-refractivity contribution in [3.63, 3.8) is 0 Å². The Labute approximate surface area is 99.2 Å². The summed E-state index contributed by atoms with van der Waals surface area (Å²) in [5, 5.41) is 5.88. The molecular formula is C12H14N2O3. The van der Waals surface area contributed by atoms with E-state index in [1.807, 2.05) is 18.2 Å². The minimum absolute atomic E-state index is 0.0201. The standard InChI is InChI=1S/C12H14N2O3/c1-17-12(16)4-5-13-9-2-3-10-8(6-9)7-11(15)14-10/h2-3,6,13H,4-5,7H2,1H3,(H,14,15). The predicted octanol–water partition coefficient (Wildman–Crippen LogP) is 1.16. The van der Waals surface area contributed by atoms with Crippen molar-refractivity contribution in [2.75, 3.05) is 24.3 Å². The molecule has 0 radical (unpaired) electrons. The van der Waals surface area contributed by atoms with Gasteiger partial charge in [0.2, 0.25) is 5.91 Å². The van der Waals surface area contributed by atoms with Crippen LogP contribution in [0, 0.1) is 0 Å². The van der Waals surface area contributed by atoms with Crippen LogP contribution in [-0.4, -0.2) is 25.5 Å². The molecular weight excluding hydrogens is 220 g/mol. The van der Waals surface area contributed by atoms with E-state index in [0.717, 1.165) is 16.9 Å². The van der Waals surface area contributed by atoms with E-state index in [9.17, 15) is 9.59 Å². The zero-order valence-electron chi connectivity index (χ0n) is 9.58. The van der Waals surface area contributed by atoms with Crippen LogP contribution in [0.3, 0.4) is 0 Å². The number of benzene rings is 1. The number of carbonyl (C=O) groups is 2. The summed E-state index contributed by atoms with van der Waals surface area (Å²) in [6, 6.07) is 5.66. The van der Waals surface area contributed by atoms with E-state index in [0.29, 0.717) is 19.4 Å². The van der Waals surface area contributed by atoms with E-state index in [1.54, 1.807) is 0 Å². The van der Waals surface area contributed by atoms with Crippen molar-refractivity contribution in [1.29, 1.82) is 0 Å². The van der Waals surface area contributed by atoms with Gasteiger partial charge in [-0.25, -0.2) is 0 Å².